The molecule has 1 saturated carbocycles. The predicted molar refractivity (Wildman–Crippen MR) is 75.0 cm³/mol. The van der Waals surface area contributed by atoms with Crippen LogP contribution in [0.5, 0.6) is 0 Å². The van der Waals surface area contributed by atoms with Crippen molar-refractivity contribution >= 4 is 22.9 Å². The number of aromatic nitrogens is 2. The van der Waals surface area contributed by atoms with Gasteiger partial charge in [0.2, 0.25) is 0 Å². The van der Waals surface area contributed by atoms with Gasteiger partial charge < -0.3 is 10.6 Å². The molecule has 1 aliphatic rings. The van der Waals surface area contributed by atoms with Crippen molar-refractivity contribution in [1.82, 2.24) is 15.1 Å². The summed E-state index contributed by atoms with van der Waals surface area (Å²) in [6.45, 7) is 2.46. The molecule has 3 rings (SSSR count). The molecule has 5 nitrogen and oxygen atoms in total. The third kappa shape index (κ3) is 2.35. The molecule has 0 unspecified atom stereocenters. The second-order valence-corrected chi connectivity index (χ2v) is 5.89. The molecule has 1 aliphatic carbocycles. The van der Waals surface area contributed by atoms with Gasteiger partial charge in [-0.25, -0.2) is 0 Å². The van der Waals surface area contributed by atoms with Crippen LogP contribution in [-0.2, 0) is 6.54 Å². The van der Waals surface area contributed by atoms with Gasteiger partial charge in [-0.1, -0.05) is 6.07 Å². The number of hydrogen-bond donors (Lipinski definition) is 2. The summed E-state index contributed by atoms with van der Waals surface area (Å²) in [4.78, 5) is 15.6. The Labute approximate surface area is 115 Å². The highest BCUT2D eigenvalue weighted by Crippen LogP contribution is 2.31. The van der Waals surface area contributed by atoms with Crippen molar-refractivity contribution in [2.24, 2.45) is 0 Å². The lowest BCUT2D eigenvalue weighted by Gasteiger charge is -2.20. The number of amides is 1. The summed E-state index contributed by atoms with van der Waals surface area (Å²) in [6.07, 6.45) is 2.14. The molecule has 19 heavy (non-hydrogen) atoms. The zero-order valence-corrected chi connectivity index (χ0v) is 11.5. The lowest BCUT2D eigenvalue weighted by Crippen LogP contribution is -2.33. The highest BCUT2D eigenvalue weighted by atomic mass is 32.1. The summed E-state index contributed by atoms with van der Waals surface area (Å²) in [5.74, 6) is -0.0715. The molecule has 0 aliphatic heterocycles. The van der Waals surface area contributed by atoms with Gasteiger partial charge in [0.25, 0.3) is 5.91 Å². The van der Waals surface area contributed by atoms with Crippen LogP contribution >= 0.6 is 11.3 Å². The van der Waals surface area contributed by atoms with Crippen LogP contribution in [-0.4, -0.2) is 27.0 Å². The molecule has 0 saturated heterocycles. The van der Waals surface area contributed by atoms with Crippen LogP contribution in [0.15, 0.2) is 17.5 Å². The first-order chi connectivity index (χ1) is 9.16. The third-order valence-corrected chi connectivity index (χ3v) is 4.21. The average Bonchev–Trinajstić information content (AvgIpc) is 3.01. The molecule has 2 aromatic heterocycles. The fraction of sp³-hybridized carbons (Fsp3) is 0.385. The van der Waals surface area contributed by atoms with Crippen LogP contribution in [0, 0.1) is 6.92 Å². The summed E-state index contributed by atoms with van der Waals surface area (Å²) < 4.78 is 0. The fourth-order valence-electron chi connectivity index (χ4n) is 2.06. The topological polar surface area (TPSA) is 75.0 Å². The lowest BCUT2D eigenvalue weighted by atomic mass is 10.2. The van der Waals surface area contributed by atoms with E-state index in [4.69, 9.17) is 5.73 Å². The molecule has 2 heterocycles. The maximum Gasteiger partial charge on any atom is 0.277 e. The van der Waals surface area contributed by atoms with Crippen LogP contribution in [0.1, 0.15) is 33.9 Å². The Hall–Kier alpha value is -1.82. The van der Waals surface area contributed by atoms with Gasteiger partial charge >= 0.3 is 0 Å². The monoisotopic (exact) mass is 276 g/mol. The zero-order chi connectivity index (χ0) is 13.4. The maximum absolute atomic E-state index is 12.6. The van der Waals surface area contributed by atoms with Crippen molar-refractivity contribution in [2.45, 2.75) is 32.4 Å². The number of nitrogens with two attached hydrogens (primary N) is 1. The first-order valence-electron chi connectivity index (χ1n) is 6.30. The number of nitrogens with one attached hydrogen (secondary N) is 1. The molecule has 2 aromatic rings. The highest BCUT2D eigenvalue weighted by molar-refractivity contribution is 7.09. The zero-order valence-electron chi connectivity index (χ0n) is 10.7. The number of aromatic amines is 1. The van der Waals surface area contributed by atoms with Crippen molar-refractivity contribution in [1.29, 1.82) is 0 Å². The van der Waals surface area contributed by atoms with E-state index in [2.05, 4.69) is 10.2 Å². The number of thiophene rings is 1. The molecule has 100 valence electrons. The highest BCUT2D eigenvalue weighted by Gasteiger charge is 2.35. The summed E-state index contributed by atoms with van der Waals surface area (Å²) in [7, 11) is 0. The first kappa shape index (κ1) is 12.2. The van der Waals surface area contributed by atoms with Crippen molar-refractivity contribution in [3.63, 3.8) is 0 Å². The molecule has 3 N–H and O–H groups in total. The minimum absolute atomic E-state index is 0.0715. The molecule has 0 bridgehead atoms. The van der Waals surface area contributed by atoms with Crippen molar-refractivity contribution in [3.8, 4) is 0 Å². The minimum Gasteiger partial charge on any atom is -0.395 e. The minimum atomic E-state index is -0.0715. The largest absolute Gasteiger partial charge is 0.395 e. The van der Waals surface area contributed by atoms with E-state index in [0.717, 1.165) is 18.5 Å². The second-order valence-electron chi connectivity index (χ2n) is 4.85. The number of rotatable bonds is 4. The van der Waals surface area contributed by atoms with Gasteiger partial charge in [-0.2, -0.15) is 5.10 Å². The number of H-pyrrole nitrogens is 1. The average molecular weight is 276 g/mol. The third-order valence-electron chi connectivity index (χ3n) is 3.35. The van der Waals surface area contributed by atoms with E-state index in [0.29, 0.717) is 24.0 Å². The van der Waals surface area contributed by atoms with E-state index in [9.17, 15) is 4.79 Å². The Morgan fingerprint density at radius 2 is 2.42 bits per heavy atom. The van der Waals surface area contributed by atoms with Gasteiger partial charge in [0, 0.05) is 10.9 Å². The van der Waals surface area contributed by atoms with Gasteiger partial charge in [-0.3, -0.25) is 9.89 Å². The first-order valence-corrected chi connectivity index (χ1v) is 7.18. The molecule has 0 radical (unpaired) electrons. The van der Waals surface area contributed by atoms with Gasteiger partial charge in [0.15, 0.2) is 5.69 Å². The van der Waals surface area contributed by atoms with Crippen LogP contribution in [0.3, 0.4) is 0 Å². The van der Waals surface area contributed by atoms with E-state index >= 15 is 0 Å². The predicted octanol–water partition coefficient (Wildman–Crippen LogP) is 2.17. The van der Waals surface area contributed by atoms with E-state index < -0.39 is 0 Å². The number of aryl methyl sites for hydroxylation is 1. The van der Waals surface area contributed by atoms with Crippen molar-refractivity contribution < 1.29 is 4.79 Å². The fourth-order valence-corrected chi connectivity index (χ4v) is 2.76. The molecule has 0 aromatic carbocycles. The lowest BCUT2D eigenvalue weighted by molar-refractivity contribution is 0.0726. The number of carbonyl (C=O) groups is 1. The number of nitrogen functional groups attached to an aromatic ring is 1. The Bertz CT molecular complexity index is 586. The molecule has 0 atom stereocenters. The number of anilines is 1. The number of carbonyl (C=O) groups excluding carboxylic acids is 1. The van der Waals surface area contributed by atoms with E-state index in [-0.39, 0.29) is 5.91 Å². The molecular weight excluding hydrogens is 260 g/mol. The summed E-state index contributed by atoms with van der Waals surface area (Å²) in [5, 5.41) is 8.83. The van der Waals surface area contributed by atoms with Crippen molar-refractivity contribution in [2.75, 3.05) is 5.73 Å². The second kappa shape index (κ2) is 4.70. The van der Waals surface area contributed by atoms with Gasteiger partial charge in [0.05, 0.1) is 17.9 Å². The van der Waals surface area contributed by atoms with Gasteiger partial charge in [-0.15, -0.1) is 11.3 Å². The standard InChI is InChI=1S/C13H16N4OS/c1-8-11(14)12(16-15-8)13(18)17(9-4-5-9)7-10-3-2-6-19-10/h2-3,6,9H,4-5,7,14H2,1H3,(H,15,16). The Balaban J connectivity index is 1.84. The smallest absolute Gasteiger partial charge is 0.277 e. The van der Waals surface area contributed by atoms with Crippen LogP contribution in [0.2, 0.25) is 0 Å². The van der Waals surface area contributed by atoms with E-state index in [1.54, 1.807) is 11.3 Å². The maximum atomic E-state index is 12.6. The summed E-state index contributed by atoms with van der Waals surface area (Å²) >= 11 is 1.67. The van der Waals surface area contributed by atoms with Crippen LogP contribution < -0.4 is 5.73 Å². The molecule has 6 heteroatoms. The normalized spacial score (nSPS) is 14.6. The Morgan fingerprint density at radius 1 is 1.63 bits per heavy atom. The number of hydrogen-bond acceptors (Lipinski definition) is 4. The number of nitrogens with zero attached hydrogens (tertiary/aromatic N) is 2. The summed E-state index contributed by atoms with van der Waals surface area (Å²) in [5.41, 5.74) is 7.45. The van der Waals surface area contributed by atoms with Gasteiger partial charge in [-0.05, 0) is 31.2 Å². The quantitative estimate of drug-likeness (QED) is 0.898. The van der Waals surface area contributed by atoms with E-state index in [1.165, 1.54) is 4.88 Å². The summed E-state index contributed by atoms with van der Waals surface area (Å²) in [6, 6.07) is 4.39. The van der Waals surface area contributed by atoms with Crippen molar-refractivity contribution in [3.05, 3.63) is 33.8 Å². The van der Waals surface area contributed by atoms with Gasteiger partial charge in [0.1, 0.15) is 0 Å². The van der Waals surface area contributed by atoms with E-state index in [1.807, 2.05) is 29.3 Å². The molecule has 1 fully saturated rings. The SMILES string of the molecule is Cc1[nH]nc(C(=O)N(Cc2cccs2)C2CC2)c1N. The molecule has 1 amide bonds. The Kier molecular flexibility index (Phi) is 3.02. The van der Waals surface area contributed by atoms with Crippen LogP contribution in [0.4, 0.5) is 5.69 Å². The molecular formula is C13H16N4OS. The van der Waals surface area contributed by atoms with Crippen LogP contribution in [0.25, 0.3) is 0 Å². The molecule has 0 spiro atoms. The Morgan fingerprint density at radius 3 is 2.95 bits per heavy atom.